The normalized spacial score (nSPS) is 11.9. The molecule has 0 radical (unpaired) electrons. The highest BCUT2D eigenvalue weighted by Crippen LogP contribution is 2.32. The van der Waals surface area contributed by atoms with E-state index < -0.39 is 0 Å². The van der Waals surface area contributed by atoms with Gasteiger partial charge in [-0.25, -0.2) is 0 Å². The summed E-state index contributed by atoms with van der Waals surface area (Å²) < 4.78 is 16.4. The predicted molar refractivity (Wildman–Crippen MR) is 87.1 cm³/mol. The molecule has 4 rings (SSSR count). The molecule has 0 atom stereocenters. The first kappa shape index (κ1) is 13.1. The van der Waals surface area contributed by atoms with Crippen molar-refractivity contribution in [1.29, 1.82) is 0 Å². The molecule has 0 unspecified atom stereocenters. The number of hydrogen-bond donors (Lipinski definition) is 1. The Hall–Kier alpha value is -2.56. The van der Waals surface area contributed by atoms with Gasteiger partial charge in [-0.05, 0) is 30.7 Å². The maximum Gasteiger partial charge on any atom is 0.258 e. The SMILES string of the molecule is Cn1cc2c(ccc3c2c2[nH]cccc2n3CCCF)c1=O. The van der Waals surface area contributed by atoms with Crippen LogP contribution in [0.2, 0.25) is 0 Å². The van der Waals surface area contributed by atoms with Crippen molar-refractivity contribution < 1.29 is 4.39 Å². The molecule has 3 aromatic heterocycles. The number of pyridine rings is 1. The highest BCUT2D eigenvalue weighted by molar-refractivity contribution is 6.19. The summed E-state index contributed by atoms with van der Waals surface area (Å²) in [5, 5.41) is 2.69. The second-order valence-electron chi connectivity index (χ2n) is 5.59. The minimum Gasteiger partial charge on any atom is -0.359 e. The number of aromatic amines is 1. The van der Waals surface area contributed by atoms with E-state index in [1.807, 2.05) is 36.7 Å². The Kier molecular flexibility index (Phi) is 2.82. The van der Waals surface area contributed by atoms with Gasteiger partial charge in [-0.3, -0.25) is 9.18 Å². The van der Waals surface area contributed by atoms with Gasteiger partial charge in [0, 0.05) is 42.1 Å². The molecule has 0 saturated carbocycles. The van der Waals surface area contributed by atoms with Gasteiger partial charge in [0.1, 0.15) is 0 Å². The Bertz CT molecular complexity index is 1050. The highest BCUT2D eigenvalue weighted by Gasteiger charge is 2.15. The van der Waals surface area contributed by atoms with Crippen LogP contribution in [0.1, 0.15) is 6.42 Å². The van der Waals surface area contributed by atoms with Crippen molar-refractivity contribution in [2.24, 2.45) is 7.05 Å². The quantitative estimate of drug-likeness (QED) is 0.619. The Morgan fingerprint density at radius 3 is 2.86 bits per heavy atom. The van der Waals surface area contributed by atoms with Crippen molar-refractivity contribution in [3.8, 4) is 0 Å². The second-order valence-corrected chi connectivity index (χ2v) is 5.59. The van der Waals surface area contributed by atoms with E-state index in [0.717, 1.165) is 32.7 Å². The molecular formula is C17H16FN3O. The van der Waals surface area contributed by atoms with E-state index >= 15 is 0 Å². The fourth-order valence-electron chi connectivity index (χ4n) is 3.30. The predicted octanol–water partition coefficient (Wildman–Crippen LogP) is 3.33. The second kappa shape index (κ2) is 4.73. The Balaban J connectivity index is 2.21. The molecule has 5 heteroatoms. The van der Waals surface area contributed by atoms with Gasteiger partial charge in [0.15, 0.2) is 0 Å². The first-order valence-electron chi connectivity index (χ1n) is 7.36. The van der Waals surface area contributed by atoms with Crippen LogP contribution in [0.15, 0.2) is 41.5 Å². The van der Waals surface area contributed by atoms with Gasteiger partial charge in [0.25, 0.3) is 5.56 Å². The monoisotopic (exact) mass is 297 g/mol. The molecule has 0 aliphatic rings. The number of aromatic nitrogens is 3. The van der Waals surface area contributed by atoms with Gasteiger partial charge in [0.2, 0.25) is 0 Å². The molecule has 0 aliphatic heterocycles. The van der Waals surface area contributed by atoms with Gasteiger partial charge < -0.3 is 14.1 Å². The van der Waals surface area contributed by atoms with Crippen LogP contribution in [0.5, 0.6) is 0 Å². The number of nitrogens with zero attached hydrogens (tertiary/aromatic N) is 2. The molecule has 3 heterocycles. The maximum absolute atomic E-state index is 12.6. The number of rotatable bonds is 3. The van der Waals surface area contributed by atoms with E-state index in [1.165, 1.54) is 0 Å². The lowest BCUT2D eigenvalue weighted by Crippen LogP contribution is -2.08. The van der Waals surface area contributed by atoms with E-state index in [9.17, 15) is 9.18 Å². The summed E-state index contributed by atoms with van der Waals surface area (Å²) in [6.07, 6.45) is 4.23. The third-order valence-corrected chi connectivity index (χ3v) is 4.28. The molecule has 4 nitrogen and oxygen atoms in total. The standard InChI is InChI=1S/C17H16FN3O/c1-20-10-12-11(17(20)22)5-6-13-15(12)16-14(4-2-8-19-16)21(13)9-3-7-18/h2,4-6,8,10,19H,3,7,9H2,1H3. The molecule has 112 valence electrons. The van der Waals surface area contributed by atoms with Gasteiger partial charge >= 0.3 is 0 Å². The van der Waals surface area contributed by atoms with Crippen LogP contribution in [0, 0.1) is 0 Å². The molecule has 22 heavy (non-hydrogen) atoms. The fraction of sp³-hybridized carbons (Fsp3) is 0.235. The average molecular weight is 297 g/mol. The van der Waals surface area contributed by atoms with Crippen LogP contribution >= 0.6 is 0 Å². The van der Waals surface area contributed by atoms with E-state index in [-0.39, 0.29) is 12.2 Å². The molecule has 0 saturated heterocycles. The first-order valence-corrected chi connectivity index (χ1v) is 7.36. The summed E-state index contributed by atoms with van der Waals surface area (Å²) in [4.78, 5) is 15.5. The third-order valence-electron chi connectivity index (χ3n) is 4.28. The van der Waals surface area contributed by atoms with Crippen LogP contribution in [0.25, 0.3) is 32.7 Å². The van der Waals surface area contributed by atoms with Crippen molar-refractivity contribution in [2.75, 3.05) is 6.67 Å². The zero-order chi connectivity index (χ0) is 15.3. The summed E-state index contributed by atoms with van der Waals surface area (Å²) in [6, 6.07) is 7.79. The number of H-pyrrole nitrogens is 1. The van der Waals surface area contributed by atoms with Crippen LogP contribution < -0.4 is 5.56 Å². The Morgan fingerprint density at radius 2 is 2.05 bits per heavy atom. The number of hydrogen-bond acceptors (Lipinski definition) is 1. The van der Waals surface area contributed by atoms with Crippen molar-refractivity contribution in [1.82, 2.24) is 14.1 Å². The molecule has 0 aliphatic carbocycles. The lowest BCUT2D eigenvalue weighted by Gasteiger charge is -2.05. The number of alkyl halides is 1. The van der Waals surface area contributed by atoms with Crippen molar-refractivity contribution in [3.05, 3.63) is 47.0 Å². The van der Waals surface area contributed by atoms with E-state index in [4.69, 9.17) is 0 Å². The number of fused-ring (bicyclic) bond motifs is 5. The van der Waals surface area contributed by atoms with Crippen molar-refractivity contribution in [2.45, 2.75) is 13.0 Å². The molecule has 4 aromatic rings. The van der Waals surface area contributed by atoms with Gasteiger partial charge in [0.05, 0.1) is 23.2 Å². The maximum atomic E-state index is 12.6. The van der Waals surface area contributed by atoms with E-state index in [1.54, 1.807) is 11.6 Å². The van der Waals surface area contributed by atoms with Gasteiger partial charge in [-0.2, -0.15) is 0 Å². The summed E-state index contributed by atoms with van der Waals surface area (Å²) >= 11 is 0. The number of benzene rings is 1. The highest BCUT2D eigenvalue weighted by atomic mass is 19.1. The summed E-state index contributed by atoms with van der Waals surface area (Å²) in [6.45, 7) is 0.285. The van der Waals surface area contributed by atoms with Crippen molar-refractivity contribution in [3.63, 3.8) is 0 Å². The molecule has 0 bridgehead atoms. The minimum absolute atomic E-state index is 0.0116. The molecule has 1 aromatic carbocycles. The largest absolute Gasteiger partial charge is 0.359 e. The molecule has 0 spiro atoms. The number of aryl methyl sites for hydroxylation is 2. The average Bonchev–Trinajstić information content (AvgIpc) is 3.01. The van der Waals surface area contributed by atoms with E-state index in [2.05, 4.69) is 9.55 Å². The van der Waals surface area contributed by atoms with Gasteiger partial charge in [-0.15, -0.1) is 0 Å². The van der Waals surface area contributed by atoms with Gasteiger partial charge in [-0.1, -0.05) is 0 Å². The van der Waals surface area contributed by atoms with Crippen LogP contribution in [-0.2, 0) is 13.6 Å². The molecule has 1 N–H and O–H groups in total. The lowest BCUT2D eigenvalue weighted by atomic mass is 10.1. The summed E-state index contributed by atoms with van der Waals surface area (Å²) in [5.41, 5.74) is 3.07. The third kappa shape index (κ3) is 1.65. The fourth-order valence-corrected chi connectivity index (χ4v) is 3.30. The van der Waals surface area contributed by atoms with Crippen LogP contribution in [-0.4, -0.2) is 20.8 Å². The minimum atomic E-state index is -0.337. The first-order chi connectivity index (χ1) is 10.7. The van der Waals surface area contributed by atoms with Crippen LogP contribution in [0.4, 0.5) is 4.39 Å². The zero-order valence-corrected chi connectivity index (χ0v) is 12.3. The molecular weight excluding hydrogens is 281 g/mol. The zero-order valence-electron chi connectivity index (χ0n) is 12.3. The Labute approximate surface area is 125 Å². The molecule has 0 fully saturated rings. The van der Waals surface area contributed by atoms with Crippen molar-refractivity contribution >= 4 is 32.7 Å². The number of halogens is 1. The Morgan fingerprint density at radius 1 is 1.18 bits per heavy atom. The molecule has 0 amide bonds. The lowest BCUT2D eigenvalue weighted by molar-refractivity contribution is 0.452. The summed E-state index contributed by atoms with van der Waals surface area (Å²) in [7, 11) is 1.76. The topological polar surface area (TPSA) is 42.7 Å². The number of nitrogens with one attached hydrogen (secondary N) is 1. The smallest absolute Gasteiger partial charge is 0.258 e. The summed E-state index contributed by atoms with van der Waals surface area (Å²) in [5.74, 6) is 0. The van der Waals surface area contributed by atoms with Crippen LogP contribution in [0.3, 0.4) is 0 Å². The van der Waals surface area contributed by atoms with E-state index in [0.29, 0.717) is 13.0 Å².